The second-order valence-corrected chi connectivity index (χ2v) is 18.1. The van der Waals surface area contributed by atoms with Crippen LogP contribution in [0, 0.1) is 16.7 Å². The van der Waals surface area contributed by atoms with Crippen molar-refractivity contribution >= 4 is 53.6 Å². The van der Waals surface area contributed by atoms with Crippen LogP contribution in [0.1, 0.15) is 137 Å². The second-order valence-electron chi connectivity index (χ2n) is 18.1. The molecule has 2 N–H and O–H groups in total. The van der Waals surface area contributed by atoms with E-state index in [4.69, 9.17) is 14.2 Å². The van der Waals surface area contributed by atoms with Crippen molar-refractivity contribution in [3.8, 4) is 0 Å². The Morgan fingerprint density at radius 1 is 0.547 bits per heavy atom. The average Bonchev–Trinajstić information content (AvgIpc) is 3.86. The van der Waals surface area contributed by atoms with Crippen LogP contribution in [-0.4, -0.2) is 121 Å². The van der Waals surface area contributed by atoms with Gasteiger partial charge in [-0.2, -0.15) is 0 Å². The summed E-state index contributed by atoms with van der Waals surface area (Å²) in [7, 11) is 0. The Hall–Kier alpha value is -5.35. The summed E-state index contributed by atoms with van der Waals surface area (Å²) in [5.41, 5.74) is -0.271. The molecule has 3 heterocycles. The van der Waals surface area contributed by atoms with E-state index in [2.05, 4.69) is 38.3 Å². The zero-order valence-electron chi connectivity index (χ0n) is 38.5. The Morgan fingerprint density at radius 3 is 1.34 bits per heavy atom. The van der Waals surface area contributed by atoms with Crippen molar-refractivity contribution in [3.63, 3.8) is 0 Å². The Kier molecular flexibility index (Phi) is 23.0. The zero-order chi connectivity index (χ0) is 47.0. The molecule has 2 unspecified atom stereocenters. The van der Waals surface area contributed by atoms with Gasteiger partial charge in [-0.05, 0) is 42.4 Å². The van der Waals surface area contributed by atoms with E-state index in [1.165, 1.54) is 107 Å². The van der Waals surface area contributed by atoms with Crippen molar-refractivity contribution < 1.29 is 57.4 Å². The first-order chi connectivity index (χ1) is 30.5. The molecule has 356 valence electrons. The quantitative estimate of drug-likeness (QED) is 0.0417. The smallest absolute Gasteiger partial charge is 0.407 e. The normalized spacial score (nSPS) is 19.9. The summed E-state index contributed by atoms with van der Waals surface area (Å²) < 4.78 is 15.3. The molecule has 1 fully saturated rings. The summed E-state index contributed by atoms with van der Waals surface area (Å²) in [5, 5.41) is 5.54. The molecule has 0 aromatic carbocycles. The lowest BCUT2D eigenvalue weighted by molar-refractivity contribution is -0.147. The van der Waals surface area contributed by atoms with Gasteiger partial charge in [-0.3, -0.25) is 48.3 Å². The van der Waals surface area contributed by atoms with E-state index in [1.807, 2.05) is 0 Å². The van der Waals surface area contributed by atoms with Crippen LogP contribution >= 0.6 is 0 Å². The molecular formula is C47H71N5O12. The van der Waals surface area contributed by atoms with Crippen molar-refractivity contribution in [2.24, 2.45) is 16.7 Å². The van der Waals surface area contributed by atoms with E-state index in [9.17, 15) is 43.2 Å². The van der Waals surface area contributed by atoms with Gasteiger partial charge < -0.3 is 24.8 Å². The highest BCUT2D eigenvalue weighted by Gasteiger charge is 2.41. The lowest BCUT2D eigenvalue weighted by Gasteiger charge is -2.46. The predicted octanol–water partition coefficient (Wildman–Crippen LogP) is 6.06. The molecule has 0 aromatic heterocycles. The van der Waals surface area contributed by atoms with Crippen LogP contribution < -0.4 is 10.6 Å². The van der Waals surface area contributed by atoms with Gasteiger partial charge in [-0.1, -0.05) is 105 Å². The highest BCUT2D eigenvalue weighted by molar-refractivity contribution is 6.14. The van der Waals surface area contributed by atoms with E-state index < -0.39 is 35.8 Å². The molecule has 0 radical (unpaired) electrons. The number of hydrogen-bond acceptors (Lipinski definition) is 12. The lowest BCUT2D eigenvalue weighted by atomic mass is 9.60. The average molecular weight is 898 g/mol. The molecule has 3 aliphatic heterocycles. The van der Waals surface area contributed by atoms with E-state index >= 15 is 0 Å². The molecule has 0 bridgehead atoms. The molecule has 0 spiro atoms. The Labute approximate surface area is 378 Å². The number of carbonyl (C=O) groups excluding carboxylic acids is 9. The van der Waals surface area contributed by atoms with Crippen molar-refractivity contribution in [2.45, 2.75) is 137 Å². The van der Waals surface area contributed by atoms with Crippen molar-refractivity contribution in [1.29, 1.82) is 0 Å². The van der Waals surface area contributed by atoms with E-state index in [0.29, 0.717) is 19.5 Å². The number of ether oxygens (including phenoxy) is 3. The Bertz CT molecular complexity index is 1670. The first-order valence-electron chi connectivity index (χ1n) is 23.1. The van der Waals surface area contributed by atoms with Gasteiger partial charge in [-0.15, -0.1) is 0 Å². The fourth-order valence-corrected chi connectivity index (χ4v) is 8.77. The zero-order valence-corrected chi connectivity index (χ0v) is 38.5. The maximum Gasteiger partial charge on any atom is 0.407 e. The highest BCUT2D eigenvalue weighted by atomic mass is 16.6. The van der Waals surface area contributed by atoms with Gasteiger partial charge in [0.2, 0.25) is 0 Å². The number of imide groups is 3. The molecule has 17 nitrogen and oxygen atoms in total. The fourth-order valence-electron chi connectivity index (χ4n) is 8.77. The largest absolute Gasteiger partial charge is 0.464 e. The predicted molar refractivity (Wildman–Crippen MR) is 237 cm³/mol. The molecular weight excluding hydrogens is 827 g/mol. The van der Waals surface area contributed by atoms with Crippen LogP contribution in [0.15, 0.2) is 36.5 Å². The van der Waals surface area contributed by atoms with Crippen LogP contribution in [-0.2, 0) is 47.8 Å². The van der Waals surface area contributed by atoms with E-state index in [-0.39, 0.29) is 74.0 Å². The number of nitrogens with zero attached hydrogens (tertiary/aromatic N) is 3. The number of unbranched alkanes of at least 4 members (excludes halogenated alkanes) is 12. The van der Waals surface area contributed by atoms with Gasteiger partial charge in [0, 0.05) is 56.0 Å². The SMILES string of the molecule is CC1(C)CC(CNC(=O)OCCN2C(=O)C=CC2=O)CC(C)(CNC(=O)OCCN2C(=O)C=CC2=O)C1.CCCCCCCCCCCCCCCC(=O)OCCN1C(=O)C=CC1=O. The van der Waals surface area contributed by atoms with Gasteiger partial charge in [0.15, 0.2) is 0 Å². The van der Waals surface area contributed by atoms with Gasteiger partial charge in [0.05, 0.1) is 19.6 Å². The first-order valence-corrected chi connectivity index (χ1v) is 23.1. The standard InChI is InChI=1S/C25H34N4O8.C22H37NO4/c1-24(2)12-17(14-26-22(34)36-10-8-28-18(30)4-5-19(28)31)13-25(3,15-24)16-27-23(35)37-11-9-29-20(32)6-7-21(29)33;1-2-3-4-5-6-7-8-9-10-11-12-13-14-15-22(26)27-19-18-23-20(24)16-17-21(23)25/h4-7,17H,8-16H2,1-3H3,(H,26,34)(H,27,35);16-17H,2-15,18-19H2,1H3. The topological polar surface area (TPSA) is 215 Å². The fraction of sp³-hybridized carbons (Fsp3) is 0.681. The summed E-state index contributed by atoms with van der Waals surface area (Å²) in [5.74, 6) is -2.49. The maximum absolute atomic E-state index is 12.2. The van der Waals surface area contributed by atoms with Crippen LogP contribution in [0.25, 0.3) is 0 Å². The van der Waals surface area contributed by atoms with Crippen molar-refractivity contribution in [3.05, 3.63) is 36.5 Å². The van der Waals surface area contributed by atoms with Gasteiger partial charge in [0.25, 0.3) is 35.4 Å². The lowest BCUT2D eigenvalue weighted by Crippen LogP contribution is -2.46. The Morgan fingerprint density at radius 2 is 0.922 bits per heavy atom. The molecule has 4 aliphatic rings. The third-order valence-corrected chi connectivity index (χ3v) is 11.6. The monoisotopic (exact) mass is 898 g/mol. The number of esters is 1. The minimum absolute atomic E-state index is 0.00405. The van der Waals surface area contributed by atoms with Crippen LogP contribution in [0.4, 0.5) is 9.59 Å². The molecule has 8 amide bonds. The molecule has 17 heteroatoms. The first kappa shape index (κ1) is 53.0. The van der Waals surface area contributed by atoms with E-state index in [0.717, 1.165) is 46.8 Å². The van der Waals surface area contributed by atoms with Crippen LogP contribution in [0.3, 0.4) is 0 Å². The molecule has 1 aliphatic carbocycles. The van der Waals surface area contributed by atoms with Crippen molar-refractivity contribution in [1.82, 2.24) is 25.3 Å². The minimum Gasteiger partial charge on any atom is -0.464 e. The number of nitrogens with one attached hydrogen (secondary N) is 2. The maximum atomic E-state index is 12.2. The van der Waals surface area contributed by atoms with Crippen LogP contribution in [0.5, 0.6) is 0 Å². The number of carbonyl (C=O) groups is 9. The molecule has 2 atom stereocenters. The summed E-state index contributed by atoms with van der Waals surface area (Å²) in [6, 6.07) is 0. The summed E-state index contributed by atoms with van der Waals surface area (Å²) >= 11 is 0. The number of rotatable bonds is 27. The van der Waals surface area contributed by atoms with Gasteiger partial charge in [-0.25, -0.2) is 9.59 Å². The molecule has 4 rings (SSSR count). The molecule has 0 saturated heterocycles. The summed E-state index contributed by atoms with van der Waals surface area (Å²) in [6.45, 7) is 9.37. The highest BCUT2D eigenvalue weighted by Crippen LogP contribution is 2.48. The van der Waals surface area contributed by atoms with Gasteiger partial charge >= 0.3 is 18.2 Å². The second kappa shape index (κ2) is 27.8. The summed E-state index contributed by atoms with van der Waals surface area (Å²) in [4.78, 5) is 108. The van der Waals surface area contributed by atoms with Crippen LogP contribution in [0.2, 0.25) is 0 Å². The molecule has 1 saturated carbocycles. The van der Waals surface area contributed by atoms with Gasteiger partial charge in [0.1, 0.15) is 19.8 Å². The number of alkyl carbamates (subject to hydrolysis) is 2. The number of hydrogen-bond donors (Lipinski definition) is 2. The van der Waals surface area contributed by atoms with E-state index in [1.54, 1.807) is 0 Å². The molecule has 0 aromatic rings. The summed E-state index contributed by atoms with van der Waals surface area (Å²) in [6.07, 6.45) is 25.4. The minimum atomic E-state index is -0.625. The Balaban J connectivity index is 0.000000359. The third-order valence-electron chi connectivity index (χ3n) is 11.6. The third kappa shape index (κ3) is 20.0. The van der Waals surface area contributed by atoms with Crippen molar-refractivity contribution in [2.75, 3.05) is 52.5 Å². The number of amides is 8. The molecule has 64 heavy (non-hydrogen) atoms.